The molecule has 0 fully saturated rings. The molecular formula is C9H9ClIN. The second-order valence-corrected chi connectivity index (χ2v) is 4.89. The van der Waals surface area contributed by atoms with Gasteiger partial charge in [-0.25, -0.2) is 0 Å². The summed E-state index contributed by atoms with van der Waals surface area (Å²) in [6, 6.07) is 6.04. The normalized spacial score (nSPS) is 21.3. The quantitative estimate of drug-likeness (QED) is 0.439. The van der Waals surface area contributed by atoms with Crippen molar-refractivity contribution in [2.24, 2.45) is 0 Å². The van der Waals surface area contributed by atoms with Crippen LogP contribution in [0.5, 0.6) is 0 Å². The number of halogens is 2. The summed E-state index contributed by atoms with van der Waals surface area (Å²) < 4.78 is 0.566. The highest BCUT2D eigenvalue weighted by molar-refractivity contribution is 14.1. The van der Waals surface area contributed by atoms with Gasteiger partial charge in [0.15, 0.2) is 0 Å². The molecule has 1 aliphatic rings. The van der Waals surface area contributed by atoms with Gasteiger partial charge in [0.1, 0.15) is 0 Å². The van der Waals surface area contributed by atoms with Gasteiger partial charge in [-0.2, -0.15) is 0 Å². The number of anilines is 1. The van der Waals surface area contributed by atoms with Crippen molar-refractivity contribution in [3.63, 3.8) is 0 Å². The van der Waals surface area contributed by atoms with Crippen LogP contribution in [0.25, 0.3) is 0 Å². The lowest BCUT2D eigenvalue weighted by Gasteiger charge is -2.22. The molecule has 2 rings (SSSR count). The number of benzene rings is 1. The molecular weight excluding hydrogens is 284 g/mol. The zero-order valence-electron chi connectivity index (χ0n) is 6.48. The van der Waals surface area contributed by atoms with Crippen LogP contribution in [0.4, 0.5) is 5.69 Å². The molecule has 1 N–H and O–H groups in total. The van der Waals surface area contributed by atoms with Crippen LogP contribution < -0.4 is 5.32 Å². The third-order valence-electron chi connectivity index (χ3n) is 2.05. The molecule has 0 amide bonds. The Morgan fingerprint density at radius 2 is 2.33 bits per heavy atom. The Bertz CT molecular complexity index is 301. The van der Waals surface area contributed by atoms with E-state index in [4.69, 9.17) is 11.6 Å². The molecule has 1 aromatic carbocycles. The monoisotopic (exact) mass is 293 g/mol. The second-order valence-electron chi connectivity index (χ2n) is 2.95. The smallest absolute Gasteiger partial charge is 0.0784 e. The maximum atomic E-state index is 5.88. The van der Waals surface area contributed by atoms with E-state index in [1.807, 2.05) is 12.1 Å². The fraction of sp³-hybridized carbons (Fsp3) is 0.333. The maximum Gasteiger partial charge on any atom is 0.0784 e. The minimum Gasteiger partial charge on any atom is -0.373 e. The van der Waals surface area contributed by atoms with Crippen molar-refractivity contribution in [2.45, 2.75) is 16.9 Å². The Morgan fingerprint density at radius 3 is 3.17 bits per heavy atom. The van der Waals surface area contributed by atoms with Crippen molar-refractivity contribution >= 4 is 39.9 Å². The number of aryl methyl sites for hydroxylation is 1. The van der Waals surface area contributed by atoms with Crippen molar-refractivity contribution in [3.05, 3.63) is 28.8 Å². The number of rotatable bonds is 0. The van der Waals surface area contributed by atoms with Gasteiger partial charge in [-0.3, -0.25) is 0 Å². The first-order valence-electron chi connectivity index (χ1n) is 3.95. The predicted molar refractivity (Wildman–Crippen MR) is 61.2 cm³/mol. The molecule has 0 aromatic heterocycles. The van der Waals surface area contributed by atoms with Crippen LogP contribution in [0.2, 0.25) is 5.02 Å². The van der Waals surface area contributed by atoms with Crippen LogP contribution >= 0.6 is 34.2 Å². The third-order valence-corrected chi connectivity index (χ3v) is 3.22. The molecule has 0 radical (unpaired) electrons. The summed E-state index contributed by atoms with van der Waals surface area (Å²) in [6.45, 7) is 0. The molecule has 0 bridgehead atoms. The third kappa shape index (κ3) is 1.69. The van der Waals surface area contributed by atoms with Gasteiger partial charge in [0, 0.05) is 10.7 Å². The molecule has 3 heteroatoms. The van der Waals surface area contributed by atoms with E-state index in [9.17, 15) is 0 Å². The largest absolute Gasteiger partial charge is 0.373 e. The minimum atomic E-state index is 0.566. The molecule has 1 heterocycles. The average Bonchev–Trinajstić information content (AvgIpc) is 2.05. The summed E-state index contributed by atoms with van der Waals surface area (Å²) in [7, 11) is 0. The fourth-order valence-electron chi connectivity index (χ4n) is 1.43. The molecule has 1 aromatic rings. The Morgan fingerprint density at radius 1 is 1.50 bits per heavy atom. The summed E-state index contributed by atoms with van der Waals surface area (Å²) in [5.41, 5.74) is 2.58. The lowest BCUT2D eigenvalue weighted by Crippen LogP contribution is -2.18. The first-order valence-corrected chi connectivity index (χ1v) is 5.57. The Hall–Kier alpha value is 0.0400. The van der Waals surface area contributed by atoms with Crippen LogP contribution in [0.15, 0.2) is 18.2 Å². The van der Waals surface area contributed by atoms with Crippen LogP contribution in [-0.4, -0.2) is 4.05 Å². The van der Waals surface area contributed by atoms with E-state index in [0.717, 1.165) is 11.4 Å². The van der Waals surface area contributed by atoms with E-state index >= 15 is 0 Å². The lowest BCUT2D eigenvalue weighted by molar-refractivity contribution is 0.810. The van der Waals surface area contributed by atoms with Gasteiger partial charge < -0.3 is 5.32 Å². The topological polar surface area (TPSA) is 12.0 Å². The molecule has 0 saturated carbocycles. The van der Waals surface area contributed by atoms with E-state index in [-0.39, 0.29) is 0 Å². The number of hydrogen-bond donors (Lipinski definition) is 1. The van der Waals surface area contributed by atoms with E-state index in [1.165, 1.54) is 17.7 Å². The summed E-state index contributed by atoms with van der Waals surface area (Å²) in [5, 5.41) is 4.25. The first-order chi connectivity index (χ1) is 5.75. The van der Waals surface area contributed by atoms with Crippen LogP contribution in [0, 0.1) is 0 Å². The molecule has 1 atom stereocenters. The first kappa shape index (κ1) is 8.63. The standard InChI is InChI=1S/C9H9ClIN/c10-7-2-3-8-6(5-7)1-4-9(11)12-8/h2-3,5,9,12H,1,4H2/t9-/m0/s1. The highest BCUT2D eigenvalue weighted by Crippen LogP contribution is 2.29. The summed E-state index contributed by atoms with van der Waals surface area (Å²) >= 11 is 8.30. The van der Waals surface area contributed by atoms with Crippen molar-refractivity contribution in [1.82, 2.24) is 0 Å². The summed E-state index contributed by atoms with van der Waals surface area (Å²) in [4.78, 5) is 0. The number of hydrogen-bond acceptors (Lipinski definition) is 1. The Balaban J connectivity index is 2.37. The van der Waals surface area contributed by atoms with Gasteiger partial charge in [-0.05, 0) is 36.6 Å². The maximum absolute atomic E-state index is 5.88. The van der Waals surface area contributed by atoms with Gasteiger partial charge in [0.25, 0.3) is 0 Å². The van der Waals surface area contributed by atoms with E-state index in [0.29, 0.717) is 4.05 Å². The van der Waals surface area contributed by atoms with Crippen LogP contribution in [0.3, 0.4) is 0 Å². The average molecular weight is 294 g/mol. The fourth-order valence-corrected chi connectivity index (χ4v) is 2.27. The zero-order chi connectivity index (χ0) is 8.55. The van der Waals surface area contributed by atoms with Crippen molar-refractivity contribution in [3.8, 4) is 0 Å². The molecule has 0 spiro atoms. The predicted octanol–water partition coefficient (Wildman–Crippen LogP) is 3.46. The SMILES string of the molecule is Clc1ccc2c(c1)CC[C@@H](I)N2. The number of nitrogens with one attached hydrogen (secondary N) is 1. The Kier molecular flexibility index (Phi) is 2.46. The molecule has 1 aliphatic heterocycles. The van der Waals surface area contributed by atoms with Gasteiger partial charge in [-0.1, -0.05) is 34.2 Å². The molecule has 1 nitrogen and oxygen atoms in total. The number of alkyl halides is 1. The highest BCUT2D eigenvalue weighted by Gasteiger charge is 2.14. The Labute approximate surface area is 90.6 Å². The lowest BCUT2D eigenvalue weighted by atomic mass is 10.0. The van der Waals surface area contributed by atoms with Crippen LogP contribution in [0.1, 0.15) is 12.0 Å². The van der Waals surface area contributed by atoms with Crippen molar-refractivity contribution in [2.75, 3.05) is 5.32 Å². The highest BCUT2D eigenvalue weighted by atomic mass is 127. The summed E-state index contributed by atoms with van der Waals surface area (Å²) in [6.07, 6.45) is 2.32. The minimum absolute atomic E-state index is 0.566. The van der Waals surface area contributed by atoms with E-state index < -0.39 is 0 Å². The molecule has 0 saturated heterocycles. The molecule has 64 valence electrons. The van der Waals surface area contributed by atoms with E-state index in [1.54, 1.807) is 0 Å². The second kappa shape index (κ2) is 3.42. The van der Waals surface area contributed by atoms with Gasteiger partial charge in [0.2, 0.25) is 0 Å². The van der Waals surface area contributed by atoms with Gasteiger partial charge >= 0.3 is 0 Å². The molecule has 0 unspecified atom stereocenters. The molecule has 0 aliphatic carbocycles. The van der Waals surface area contributed by atoms with Crippen LogP contribution in [-0.2, 0) is 6.42 Å². The number of fused-ring (bicyclic) bond motifs is 1. The van der Waals surface area contributed by atoms with E-state index in [2.05, 4.69) is 34.0 Å². The zero-order valence-corrected chi connectivity index (χ0v) is 9.39. The van der Waals surface area contributed by atoms with Gasteiger partial charge in [-0.15, -0.1) is 0 Å². The van der Waals surface area contributed by atoms with Crippen molar-refractivity contribution < 1.29 is 0 Å². The summed E-state index contributed by atoms with van der Waals surface area (Å²) in [5.74, 6) is 0. The van der Waals surface area contributed by atoms with Gasteiger partial charge in [0.05, 0.1) is 4.05 Å². The molecule has 12 heavy (non-hydrogen) atoms. The van der Waals surface area contributed by atoms with Crippen molar-refractivity contribution in [1.29, 1.82) is 0 Å².